The van der Waals surface area contributed by atoms with Crippen molar-refractivity contribution in [3.63, 3.8) is 0 Å². The third-order valence-corrected chi connectivity index (χ3v) is 7.74. The van der Waals surface area contributed by atoms with Gasteiger partial charge in [0.15, 0.2) is 9.84 Å². The van der Waals surface area contributed by atoms with Gasteiger partial charge in [-0.1, -0.05) is 23.7 Å². The molecule has 0 radical (unpaired) electrons. The minimum absolute atomic E-state index is 0.0134. The van der Waals surface area contributed by atoms with E-state index in [2.05, 4.69) is 41.0 Å². The van der Waals surface area contributed by atoms with Gasteiger partial charge >= 0.3 is 0 Å². The highest BCUT2D eigenvalue weighted by atomic mass is 35.5. The number of carboxylic acid groups (broad SMARTS) is 1. The first-order valence-corrected chi connectivity index (χ1v) is 13.4. The second-order valence-electron chi connectivity index (χ2n) is 8.60. The van der Waals surface area contributed by atoms with E-state index < -0.39 is 9.84 Å². The summed E-state index contributed by atoms with van der Waals surface area (Å²) >= 11 is 7.63. The smallest absolute Gasteiger partial charge is 0.290 e. The number of rotatable bonds is 8. The van der Waals surface area contributed by atoms with E-state index in [1.807, 2.05) is 13.1 Å². The lowest BCUT2D eigenvalue weighted by molar-refractivity contribution is -0.122. The van der Waals surface area contributed by atoms with Crippen molar-refractivity contribution in [2.45, 2.75) is 50.0 Å². The Morgan fingerprint density at radius 2 is 1.97 bits per heavy atom. The highest BCUT2D eigenvalue weighted by Gasteiger charge is 2.21. The fourth-order valence-electron chi connectivity index (χ4n) is 2.92. The zero-order valence-electron chi connectivity index (χ0n) is 19.8. The molecule has 0 saturated heterocycles. The van der Waals surface area contributed by atoms with E-state index in [9.17, 15) is 12.8 Å². The summed E-state index contributed by atoms with van der Waals surface area (Å²) in [6.07, 6.45) is 1.26. The van der Waals surface area contributed by atoms with E-state index in [1.165, 1.54) is 29.7 Å². The molecule has 0 spiro atoms. The summed E-state index contributed by atoms with van der Waals surface area (Å²) in [5, 5.41) is 11.8. The zero-order valence-corrected chi connectivity index (χ0v) is 22.2. The maximum absolute atomic E-state index is 14.6. The van der Waals surface area contributed by atoms with Crippen LogP contribution in [0.2, 0.25) is 5.02 Å². The number of sulfone groups is 1. The Kier molecular flexibility index (Phi) is 10.1. The molecule has 3 aromatic rings. The molecule has 8 nitrogen and oxygen atoms in total. The highest BCUT2D eigenvalue weighted by molar-refractivity contribution is 7.90. The van der Waals surface area contributed by atoms with Crippen molar-refractivity contribution in [2.24, 2.45) is 0 Å². The molecule has 190 valence electrons. The fraction of sp³-hybridized carbons (Fsp3) is 0.348. The molecule has 0 fully saturated rings. The maximum Gasteiger partial charge on any atom is 0.290 e. The largest absolute Gasteiger partial charge is 0.483 e. The van der Waals surface area contributed by atoms with Gasteiger partial charge in [0.25, 0.3) is 6.47 Å². The summed E-state index contributed by atoms with van der Waals surface area (Å²) < 4.78 is 39.8. The van der Waals surface area contributed by atoms with Crippen LogP contribution in [0.1, 0.15) is 37.6 Å². The van der Waals surface area contributed by atoms with Gasteiger partial charge in [-0.2, -0.15) is 0 Å². The normalized spacial score (nSPS) is 11.6. The van der Waals surface area contributed by atoms with Crippen molar-refractivity contribution in [3.05, 3.63) is 69.0 Å². The van der Waals surface area contributed by atoms with Gasteiger partial charge < -0.3 is 10.4 Å². The van der Waals surface area contributed by atoms with Crippen molar-refractivity contribution in [1.29, 1.82) is 0 Å². The van der Waals surface area contributed by atoms with Gasteiger partial charge in [0.2, 0.25) is 0 Å². The minimum atomic E-state index is -3.63. The Morgan fingerprint density at radius 3 is 2.54 bits per heavy atom. The lowest BCUT2D eigenvalue weighted by Crippen LogP contribution is -2.37. The molecule has 2 aromatic heterocycles. The SMILES string of the molecule is CN(Cc1cccc(F)c1CNc1ncc(S(=O)(=O)Cc2cscn2)cc1Cl)C(C)(C)C.O=CO. The van der Waals surface area contributed by atoms with Crippen LogP contribution < -0.4 is 5.32 Å². The van der Waals surface area contributed by atoms with Gasteiger partial charge in [0, 0.05) is 35.8 Å². The predicted molar refractivity (Wildman–Crippen MR) is 136 cm³/mol. The molecule has 1 aromatic carbocycles. The van der Waals surface area contributed by atoms with Gasteiger partial charge in [-0.05, 0) is 45.5 Å². The first-order chi connectivity index (χ1) is 16.4. The van der Waals surface area contributed by atoms with Crippen LogP contribution in [-0.4, -0.2) is 47.5 Å². The number of nitrogens with zero attached hydrogens (tertiary/aromatic N) is 3. The van der Waals surface area contributed by atoms with Crippen LogP contribution in [-0.2, 0) is 33.5 Å². The molecule has 35 heavy (non-hydrogen) atoms. The average Bonchev–Trinajstić information content (AvgIpc) is 3.26. The van der Waals surface area contributed by atoms with E-state index in [0.29, 0.717) is 17.8 Å². The van der Waals surface area contributed by atoms with E-state index in [-0.39, 0.29) is 45.9 Å². The van der Waals surface area contributed by atoms with Crippen LogP contribution >= 0.6 is 22.9 Å². The van der Waals surface area contributed by atoms with E-state index in [4.69, 9.17) is 21.5 Å². The molecule has 2 heterocycles. The van der Waals surface area contributed by atoms with Gasteiger partial charge in [-0.3, -0.25) is 9.69 Å². The van der Waals surface area contributed by atoms with E-state index in [1.54, 1.807) is 17.0 Å². The number of aromatic nitrogens is 2. The monoisotopic (exact) mass is 542 g/mol. The van der Waals surface area contributed by atoms with Crippen LogP contribution in [0.4, 0.5) is 10.2 Å². The average molecular weight is 543 g/mol. The Hall–Kier alpha value is -2.60. The van der Waals surface area contributed by atoms with Crippen molar-refractivity contribution in [3.8, 4) is 0 Å². The molecule has 0 atom stereocenters. The third-order valence-electron chi connectivity index (χ3n) is 5.20. The number of anilines is 1. The molecular formula is C23H28ClFN4O4S2. The maximum atomic E-state index is 14.6. The minimum Gasteiger partial charge on any atom is -0.483 e. The molecule has 0 amide bonds. The number of benzene rings is 1. The summed E-state index contributed by atoms with van der Waals surface area (Å²) in [6.45, 7) is 6.78. The Morgan fingerprint density at radius 1 is 1.29 bits per heavy atom. The highest BCUT2D eigenvalue weighted by Crippen LogP contribution is 2.26. The Balaban J connectivity index is 0.00000137. The number of carbonyl (C=O) groups is 1. The fourth-order valence-corrected chi connectivity index (χ4v) is 5.11. The predicted octanol–water partition coefficient (Wildman–Crippen LogP) is 4.85. The van der Waals surface area contributed by atoms with Crippen molar-refractivity contribution >= 4 is 45.1 Å². The molecule has 3 rings (SSSR count). The number of hydrogen-bond acceptors (Lipinski definition) is 8. The van der Waals surface area contributed by atoms with Gasteiger partial charge in [-0.25, -0.2) is 22.8 Å². The van der Waals surface area contributed by atoms with Crippen molar-refractivity contribution < 1.29 is 22.7 Å². The molecule has 0 aliphatic carbocycles. The lowest BCUT2D eigenvalue weighted by atomic mass is 10.0. The van der Waals surface area contributed by atoms with Gasteiger partial charge in [-0.15, -0.1) is 11.3 Å². The second kappa shape index (κ2) is 12.4. The van der Waals surface area contributed by atoms with Crippen LogP contribution in [0.15, 0.2) is 46.2 Å². The molecule has 0 aliphatic rings. The third kappa shape index (κ3) is 8.24. The van der Waals surface area contributed by atoms with E-state index in [0.717, 1.165) is 5.56 Å². The first-order valence-electron chi connectivity index (χ1n) is 10.4. The number of pyridine rings is 1. The summed E-state index contributed by atoms with van der Waals surface area (Å²) in [6, 6.07) is 6.36. The quantitative estimate of drug-likeness (QED) is 0.388. The van der Waals surface area contributed by atoms with Crippen LogP contribution in [0.25, 0.3) is 0 Å². The standard InChI is InChI=1S/C22H26ClFN4O2S2.CH2O2/c1-22(2,3)28(4)11-15-6-5-7-20(24)18(15)10-26-21-19(23)8-17(9-25-21)32(29,30)13-16-12-31-14-27-16;2-1-3/h5-9,12,14H,10-11,13H2,1-4H3,(H,25,26);1H,(H,2,3). The number of hydrogen-bond donors (Lipinski definition) is 2. The lowest BCUT2D eigenvalue weighted by Gasteiger charge is -2.32. The molecule has 0 unspecified atom stereocenters. The van der Waals surface area contributed by atoms with Gasteiger partial charge in [0.05, 0.1) is 26.9 Å². The van der Waals surface area contributed by atoms with Gasteiger partial charge in [0.1, 0.15) is 11.6 Å². The molecular weight excluding hydrogens is 515 g/mol. The Bertz CT molecular complexity index is 1230. The molecule has 12 heteroatoms. The van der Waals surface area contributed by atoms with Crippen molar-refractivity contribution in [1.82, 2.24) is 14.9 Å². The first kappa shape index (κ1) is 28.6. The summed E-state index contributed by atoms with van der Waals surface area (Å²) in [7, 11) is -1.64. The summed E-state index contributed by atoms with van der Waals surface area (Å²) in [5.74, 6) is -0.255. The van der Waals surface area contributed by atoms with Crippen molar-refractivity contribution in [2.75, 3.05) is 12.4 Å². The molecule has 0 aliphatic heterocycles. The number of nitrogens with one attached hydrogen (secondary N) is 1. The molecule has 0 bridgehead atoms. The second-order valence-corrected chi connectivity index (χ2v) is 11.7. The topological polar surface area (TPSA) is 112 Å². The summed E-state index contributed by atoms with van der Waals surface area (Å²) in [5.41, 5.74) is 3.36. The zero-order chi connectivity index (χ0) is 26.2. The molecule has 0 saturated carbocycles. The number of thiazole rings is 1. The Labute approximate surface area is 213 Å². The summed E-state index contributed by atoms with van der Waals surface area (Å²) in [4.78, 5) is 18.7. The van der Waals surface area contributed by atoms with Crippen LogP contribution in [0.3, 0.4) is 0 Å². The van der Waals surface area contributed by atoms with E-state index >= 15 is 0 Å². The molecule has 2 N–H and O–H groups in total. The number of halogens is 2. The van der Waals surface area contributed by atoms with Crippen LogP contribution in [0.5, 0.6) is 0 Å². The van der Waals surface area contributed by atoms with Crippen LogP contribution in [0, 0.1) is 5.82 Å².